The fourth-order valence-electron chi connectivity index (χ4n) is 1.83. The maximum Gasteiger partial charge on any atom is 0.338 e. The lowest BCUT2D eigenvalue weighted by molar-refractivity contribution is 0.0691. The van der Waals surface area contributed by atoms with Gasteiger partial charge in [0, 0.05) is 17.5 Å². The lowest BCUT2D eigenvalue weighted by Gasteiger charge is -2.03. The summed E-state index contributed by atoms with van der Waals surface area (Å²) in [6.07, 6.45) is 3.67. The van der Waals surface area contributed by atoms with Crippen LogP contribution >= 0.6 is 11.3 Å². The standard InChI is InChI=1S/C13H11N3O3S/c17-11(10-8(12(18)19)2-1-5-14-10)16-13-15-9(6-20-13)7-3-4-7/h1-2,5-7H,3-4H2,(H,18,19)(H,15,16,17). The van der Waals surface area contributed by atoms with Crippen LogP contribution in [0.2, 0.25) is 0 Å². The van der Waals surface area contributed by atoms with Crippen LogP contribution in [-0.4, -0.2) is 27.0 Å². The van der Waals surface area contributed by atoms with Crippen LogP contribution in [-0.2, 0) is 0 Å². The summed E-state index contributed by atoms with van der Waals surface area (Å²) in [5.41, 5.74) is 0.761. The van der Waals surface area contributed by atoms with E-state index >= 15 is 0 Å². The van der Waals surface area contributed by atoms with Gasteiger partial charge < -0.3 is 5.11 Å². The molecule has 2 aromatic heterocycles. The second kappa shape index (κ2) is 5.01. The van der Waals surface area contributed by atoms with Crippen LogP contribution in [0.25, 0.3) is 0 Å². The van der Waals surface area contributed by atoms with Gasteiger partial charge in [0.05, 0.1) is 11.3 Å². The highest BCUT2D eigenvalue weighted by atomic mass is 32.1. The average Bonchev–Trinajstić information content (AvgIpc) is 3.19. The van der Waals surface area contributed by atoms with Crippen molar-refractivity contribution in [3.63, 3.8) is 0 Å². The number of thiazole rings is 1. The topological polar surface area (TPSA) is 92.2 Å². The first-order valence-corrected chi connectivity index (χ1v) is 6.98. The Balaban J connectivity index is 1.80. The molecule has 0 aromatic carbocycles. The fourth-order valence-corrected chi connectivity index (χ4v) is 2.61. The van der Waals surface area contributed by atoms with Crippen LogP contribution in [0.3, 0.4) is 0 Å². The number of aromatic nitrogens is 2. The van der Waals surface area contributed by atoms with Crippen molar-refractivity contribution in [2.45, 2.75) is 18.8 Å². The highest BCUT2D eigenvalue weighted by Crippen LogP contribution is 2.40. The summed E-state index contributed by atoms with van der Waals surface area (Å²) in [4.78, 5) is 31.3. The summed E-state index contributed by atoms with van der Waals surface area (Å²) in [5.74, 6) is -1.22. The quantitative estimate of drug-likeness (QED) is 0.901. The van der Waals surface area contributed by atoms with Crippen molar-refractivity contribution in [3.8, 4) is 0 Å². The molecule has 102 valence electrons. The Morgan fingerprint density at radius 3 is 2.90 bits per heavy atom. The van der Waals surface area contributed by atoms with E-state index in [-0.39, 0.29) is 11.3 Å². The molecule has 1 saturated carbocycles. The largest absolute Gasteiger partial charge is 0.478 e. The van der Waals surface area contributed by atoms with Crippen molar-refractivity contribution in [2.75, 3.05) is 5.32 Å². The first-order chi connectivity index (χ1) is 9.65. The summed E-state index contributed by atoms with van der Waals surface area (Å²) >= 11 is 1.34. The molecular weight excluding hydrogens is 278 g/mol. The van der Waals surface area contributed by atoms with Crippen molar-refractivity contribution in [1.29, 1.82) is 0 Å². The molecule has 2 heterocycles. The van der Waals surface area contributed by atoms with Crippen LogP contribution in [0.5, 0.6) is 0 Å². The summed E-state index contributed by atoms with van der Waals surface area (Å²) in [7, 11) is 0. The van der Waals surface area contributed by atoms with Crippen LogP contribution in [0.1, 0.15) is 45.3 Å². The fraction of sp³-hybridized carbons (Fsp3) is 0.231. The van der Waals surface area contributed by atoms with Gasteiger partial charge in [0.2, 0.25) is 0 Å². The molecule has 1 amide bonds. The SMILES string of the molecule is O=C(O)c1cccnc1C(=O)Nc1nc(C2CC2)cs1. The van der Waals surface area contributed by atoms with Gasteiger partial charge in [-0.1, -0.05) is 0 Å². The van der Waals surface area contributed by atoms with E-state index < -0.39 is 11.9 Å². The second-order valence-electron chi connectivity index (χ2n) is 4.51. The number of hydrogen-bond donors (Lipinski definition) is 2. The zero-order chi connectivity index (χ0) is 14.1. The average molecular weight is 289 g/mol. The molecule has 2 N–H and O–H groups in total. The number of carbonyl (C=O) groups is 2. The van der Waals surface area contributed by atoms with Gasteiger partial charge in [0.15, 0.2) is 5.13 Å². The maximum atomic E-state index is 12.1. The number of carboxylic acids is 1. The van der Waals surface area contributed by atoms with Gasteiger partial charge in [-0.05, 0) is 25.0 Å². The van der Waals surface area contributed by atoms with E-state index in [0.29, 0.717) is 11.0 Å². The summed E-state index contributed by atoms with van der Waals surface area (Å²) in [6.45, 7) is 0. The number of amides is 1. The maximum absolute atomic E-state index is 12.1. The van der Waals surface area contributed by atoms with E-state index in [4.69, 9.17) is 5.11 Å². The lowest BCUT2D eigenvalue weighted by Crippen LogP contribution is -2.18. The molecule has 0 radical (unpaired) electrons. The first-order valence-electron chi connectivity index (χ1n) is 6.10. The van der Waals surface area contributed by atoms with Crippen LogP contribution in [0, 0.1) is 0 Å². The van der Waals surface area contributed by atoms with Gasteiger partial charge in [-0.3, -0.25) is 15.1 Å². The molecule has 1 aliphatic rings. The molecule has 7 heteroatoms. The number of carbonyl (C=O) groups excluding carboxylic acids is 1. The number of nitrogens with one attached hydrogen (secondary N) is 1. The number of rotatable bonds is 4. The monoisotopic (exact) mass is 289 g/mol. The van der Waals surface area contributed by atoms with Gasteiger partial charge >= 0.3 is 5.97 Å². The van der Waals surface area contributed by atoms with E-state index in [1.54, 1.807) is 0 Å². The molecule has 0 atom stereocenters. The number of hydrogen-bond acceptors (Lipinski definition) is 5. The minimum absolute atomic E-state index is 0.108. The Bertz CT molecular complexity index is 679. The minimum Gasteiger partial charge on any atom is -0.478 e. The van der Waals surface area contributed by atoms with Crippen LogP contribution in [0.4, 0.5) is 5.13 Å². The molecule has 2 aromatic rings. The lowest BCUT2D eigenvalue weighted by atomic mass is 10.2. The smallest absolute Gasteiger partial charge is 0.338 e. The molecule has 20 heavy (non-hydrogen) atoms. The number of carboxylic acid groups (broad SMARTS) is 1. The van der Waals surface area contributed by atoms with Gasteiger partial charge in [-0.2, -0.15) is 0 Å². The Morgan fingerprint density at radius 1 is 1.40 bits per heavy atom. The third-order valence-electron chi connectivity index (χ3n) is 2.99. The normalized spacial score (nSPS) is 14.0. The second-order valence-corrected chi connectivity index (χ2v) is 5.37. The molecule has 0 bridgehead atoms. The Labute approximate surface area is 118 Å². The van der Waals surface area contributed by atoms with Crippen LogP contribution in [0.15, 0.2) is 23.7 Å². The Hall–Kier alpha value is -2.28. The molecule has 1 aliphatic carbocycles. The van der Waals surface area contributed by atoms with E-state index in [1.807, 2.05) is 5.38 Å². The van der Waals surface area contributed by atoms with Crippen molar-refractivity contribution in [1.82, 2.24) is 9.97 Å². The molecule has 6 nitrogen and oxygen atoms in total. The molecular formula is C13H11N3O3S. The van der Waals surface area contributed by atoms with E-state index in [9.17, 15) is 9.59 Å². The van der Waals surface area contributed by atoms with Crippen molar-refractivity contribution >= 4 is 28.3 Å². The summed E-state index contributed by atoms with van der Waals surface area (Å²) < 4.78 is 0. The van der Waals surface area contributed by atoms with Gasteiger partial charge in [0.25, 0.3) is 5.91 Å². The molecule has 0 aliphatic heterocycles. The molecule has 0 unspecified atom stereocenters. The van der Waals surface area contributed by atoms with Crippen molar-refractivity contribution in [2.24, 2.45) is 0 Å². The molecule has 1 fully saturated rings. The van der Waals surface area contributed by atoms with E-state index in [0.717, 1.165) is 18.5 Å². The highest BCUT2D eigenvalue weighted by molar-refractivity contribution is 7.14. The zero-order valence-electron chi connectivity index (χ0n) is 10.4. The summed E-state index contributed by atoms with van der Waals surface area (Å²) in [5, 5.41) is 14.0. The zero-order valence-corrected chi connectivity index (χ0v) is 11.2. The number of pyridine rings is 1. The van der Waals surface area contributed by atoms with E-state index in [1.165, 1.54) is 29.7 Å². The highest BCUT2D eigenvalue weighted by Gasteiger charge is 2.26. The molecule has 3 rings (SSSR count). The van der Waals surface area contributed by atoms with Crippen LogP contribution < -0.4 is 5.32 Å². The molecule has 0 spiro atoms. The number of aromatic carboxylic acids is 1. The number of anilines is 1. The molecule has 0 saturated heterocycles. The number of nitrogens with zero attached hydrogens (tertiary/aromatic N) is 2. The van der Waals surface area contributed by atoms with Gasteiger partial charge in [-0.25, -0.2) is 9.78 Å². The first kappa shape index (κ1) is 12.7. The predicted octanol–water partition coefficient (Wildman–Crippen LogP) is 2.37. The Morgan fingerprint density at radius 2 is 2.20 bits per heavy atom. The predicted molar refractivity (Wildman–Crippen MR) is 73.2 cm³/mol. The summed E-state index contributed by atoms with van der Waals surface area (Å²) in [6, 6.07) is 2.83. The minimum atomic E-state index is -1.18. The third kappa shape index (κ3) is 2.53. The van der Waals surface area contributed by atoms with E-state index in [2.05, 4.69) is 15.3 Å². The van der Waals surface area contributed by atoms with Crippen molar-refractivity contribution < 1.29 is 14.7 Å². The van der Waals surface area contributed by atoms with Gasteiger partial charge in [-0.15, -0.1) is 11.3 Å². The van der Waals surface area contributed by atoms with Crippen molar-refractivity contribution in [3.05, 3.63) is 40.7 Å². The Kier molecular flexibility index (Phi) is 3.19. The van der Waals surface area contributed by atoms with Gasteiger partial charge in [0.1, 0.15) is 5.69 Å². The third-order valence-corrected chi connectivity index (χ3v) is 3.77.